The monoisotopic (exact) mass is 398 g/mol. The summed E-state index contributed by atoms with van der Waals surface area (Å²) in [4.78, 5) is 31.4. The summed E-state index contributed by atoms with van der Waals surface area (Å²) in [6, 6.07) is 16.4. The Labute approximate surface area is 173 Å². The van der Waals surface area contributed by atoms with Gasteiger partial charge in [-0.05, 0) is 38.5 Å². The van der Waals surface area contributed by atoms with Crippen molar-refractivity contribution in [3.05, 3.63) is 87.2 Å². The first-order valence-corrected chi connectivity index (χ1v) is 9.93. The quantitative estimate of drug-likeness (QED) is 0.573. The molecule has 7 heteroatoms. The van der Waals surface area contributed by atoms with E-state index >= 15 is 0 Å². The maximum absolute atomic E-state index is 12.6. The Morgan fingerprint density at radius 1 is 1.03 bits per heavy atom. The second kappa shape index (κ2) is 6.95. The number of aromatic amines is 1. The van der Waals surface area contributed by atoms with Gasteiger partial charge in [0.25, 0.3) is 5.56 Å². The molecular formula is C23H22N6O. The number of hydrogen-bond acceptors (Lipinski definition) is 5. The third-order valence-corrected chi connectivity index (χ3v) is 5.58. The van der Waals surface area contributed by atoms with Gasteiger partial charge in [0.2, 0.25) is 0 Å². The van der Waals surface area contributed by atoms with Gasteiger partial charge in [-0.25, -0.2) is 9.97 Å². The number of H-pyrrole nitrogens is 1. The number of benzene rings is 2. The van der Waals surface area contributed by atoms with Crippen molar-refractivity contribution in [1.29, 1.82) is 0 Å². The van der Waals surface area contributed by atoms with Gasteiger partial charge in [0.1, 0.15) is 12.0 Å². The predicted octanol–water partition coefficient (Wildman–Crippen LogP) is 2.03. The fraction of sp³-hybridized carbons (Fsp3) is 0.217. The van der Waals surface area contributed by atoms with Crippen LogP contribution in [0, 0.1) is 13.8 Å². The van der Waals surface area contributed by atoms with Crippen LogP contribution in [0.4, 0.5) is 5.69 Å². The van der Waals surface area contributed by atoms with E-state index in [1.807, 2.05) is 34.9 Å². The fourth-order valence-electron chi connectivity index (χ4n) is 4.17. The lowest BCUT2D eigenvalue weighted by Gasteiger charge is -2.35. The van der Waals surface area contributed by atoms with E-state index in [1.165, 1.54) is 5.56 Å². The Morgan fingerprint density at radius 3 is 2.63 bits per heavy atom. The smallest absolute Gasteiger partial charge is 0.277 e. The molecule has 7 nitrogen and oxygen atoms in total. The van der Waals surface area contributed by atoms with Gasteiger partial charge in [0.05, 0.1) is 18.2 Å². The molecule has 1 unspecified atom stereocenters. The van der Waals surface area contributed by atoms with Crippen molar-refractivity contribution in [2.75, 3.05) is 4.90 Å². The first-order valence-electron chi connectivity index (χ1n) is 9.93. The van der Waals surface area contributed by atoms with Gasteiger partial charge >= 0.3 is 0 Å². The average molecular weight is 398 g/mol. The fourth-order valence-corrected chi connectivity index (χ4v) is 4.17. The van der Waals surface area contributed by atoms with E-state index in [0.29, 0.717) is 23.5 Å². The molecule has 1 N–H and O–H groups in total. The van der Waals surface area contributed by atoms with Crippen LogP contribution >= 0.6 is 0 Å². The number of para-hydroxylation sites is 2. The SMILES string of the molecule is CC1=c2ccccc2=NC(Cn2cnc3nc(C)[nH]c(=O)c32)N1c1ccccc1C. The predicted molar refractivity (Wildman–Crippen MR) is 117 cm³/mol. The van der Waals surface area contributed by atoms with Gasteiger partial charge in [-0.15, -0.1) is 0 Å². The Balaban J connectivity index is 1.69. The third-order valence-electron chi connectivity index (χ3n) is 5.58. The number of rotatable bonds is 3. The van der Waals surface area contributed by atoms with Crippen LogP contribution in [0.5, 0.6) is 0 Å². The highest BCUT2D eigenvalue weighted by Crippen LogP contribution is 2.28. The largest absolute Gasteiger partial charge is 0.321 e. The highest BCUT2D eigenvalue weighted by Gasteiger charge is 2.26. The second-order valence-electron chi connectivity index (χ2n) is 7.59. The molecule has 1 aliphatic rings. The van der Waals surface area contributed by atoms with Crippen LogP contribution in [0.15, 0.2) is 64.6 Å². The van der Waals surface area contributed by atoms with Gasteiger partial charge in [-0.2, -0.15) is 0 Å². The summed E-state index contributed by atoms with van der Waals surface area (Å²) in [5.74, 6) is 0.555. The lowest BCUT2D eigenvalue weighted by Crippen LogP contribution is -2.47. The first kappa shape index (κ1) is 18.3. The number of aryl methyl sites for hydroxylation is 2. The van der Waals surface area contributed by atoms with Crippen molar-refractivity contribution in [2.24, 2.45) is 4.99 Å². The van der Waals surface area contributed by atoms with E-state index in [-0.39, 0.29) is 11.7 Å². The van der Waals surface area contributed by atoms with Gasteiger partial charge < -0.3 is 14.5 Å². The Kier molecular flexibility index (Phi) is 4.24. The molecule has 5 rings (SSSR count). The maximum Gasteiger partial charge on any atom is 0.277 e. The Bertz CT molecular complexity index is 1450. The Morgan fingerprint density at radius 2 is 1.80 bits per heavy atom. The van der Waals surface area contributed by atoms with Crippen molar-refractivity contribution < 1.29 is 0 Å². The molecule has 4 aromatic rings. The number of anilines is 1. The van der Waals surface area contributed by atoms with Crippen molar-refractivity contribution in [3.8, 4) is 0 Å². The van der Waals surface area contributed by atoms with Crippen LogP contribution in [0.25, 0.3) is 16.9 Å². The molecule has 1 atom stereocenters. The van der Waals surface area contributed by atoms with Crippen LogP contribution in [0.1, 0.15) is 18.3 Å². The summed E-state index contributed by atoms with van der Waals surface area (Å²) in [5.41, 5.74) is 4.14. The van der Waals surface area contributed by atoms with Crippen molar-refractivity contribution in [2.45, 2.75) is 33.5 Å². The molecule has 1 aliphatic heterocycles. The maximum atomic E-state index is 12.6. The van der Waals surface area contributed by atoms with Gasteiger partial charge in [-0.1, -0.05) is 36.4 Å². The van der Waals surface area contributed by atoms with E-state index in [0.717, 1.165) is 22.0 Å². The summed E-state index contributed by atoms with van der Waals surface area (Å²) in [6.45, 7) is 6.46. The van der Waals surface area contributed by atoms with Crippen LogP contribution in [0.3, 0.4) is 0 Å². The summed E-state index contributed by atoms with van der Waals surface area (Å²) in [7, 11) is 0. The lowest BCUT2D eigenvalue weighted by molar-refractivity contribution is 0.551. The second-order valence-corrected chi connectivity index (χ2v) is 7.59. The first-order chi connectivity index (χ1) is 14.5. The number of nitrogens with zero attached hydrogens (tertiary/aromatic N) is 5. The standard InChI is InChI=1S/C23H22N6O/c1-14-8-4-7-11-19(14)29-15(2)17-9-5-6-10-18(17)27-20(29)12-28-13-24-22-21(28)23(30)26-16(3)25-22/h4-11,13,20H,12H2,1-3H3,(H,25,26,30). The molecule has 0 spiro atoms. The average Bonchev–Trinajstić information content (AvgIpc) is 3.12. The van der Waals surface area contributed by atoms with Crippen molar-refractivity contribution in [1.82, 2.24) is 19.5 Å². The van der Waals surface area contributed by atoms with Gasteiger partial charge in [0.15, 0.2) is 11.2 Å². The number of aromatic nitrogens is 4. The molecule has 30 heavy (non-hydrogen) atoms. The van der Waals surface area contributed by atoms with Gasteiger partial charge in [-0.3, -0.25) is 9.79 Å². The highest BCUT2D eigenvalue weighted by molar-refractivity contribution is 5.72. The topological polar surface area (TPSA) is 79.2 Å². The van der Waals surface area contributed by atoms with E-state index < -0.39 is 0 Å². The van der Waals surface area contributed by atoms with Crippen LogP contribution in [-0.2, 0) is 6.54 Å². The van der Waals surface area contributed by atoms with Gasteiger partial charge in [0, 0.05) is 16.6 Å². The molecule has 0 saturated heterocycles. The summed E-state index contributed by atoms with van der Waals surface area (Å²) in [5, 5.41) is 2.07. The number of hydrogen-bond donors (Lipinski definition) is 1. The van der Waals surface area contributed by atoms with E-state index in [9.17, 15) is 4.79 Å². The minimum Gasteiger partial charge on any atom is -0.321 e. The Hall–Kier alpha value is -3.74. The minimum atomic E-state index is -0.223. The molecule has 0 bridgehead atoms. The van der Waals surface area contributed by atoms with Crippen LogP contribution in [0.2, 0.25) is 0 Å². The highest BCUT2D eigenvalue weighted by atomic mass is 16.1. The zero-order valence-corrected chi connectivity index (χ0v) is 17.1. The molecule has 0 amide bonds. The molecule has 150 valence electrons. The number of fused-ring (bicyclic) bond motifs is 2. The number of imidazole rings is 1. The zero-order chi connectivity index (χ0) is 20.8. The molecule has 0 fully saturated rings. The van der Waals surface area contributed by atoms with E-state index in [1.54, 1.807) is 13.3 Å². The summed E-state index contributed by atoms with van der Waals surface area (Å²) < 4.78 is 1.85. The third kappa shape index (κ3) is 2.90. The van der Waals surface area contributed by atoms with Crippen molar-refractivity contribution >= 4 is 22.5 Å². The lowest BCUT2D eigenvalue weighted by atomic mass is 10.1. The van der Waals surface area contributed by atoms with Crippen LogP contribution in [-0.4, -0.2) is 25.7 Å². The molecule has 0 saturated carbocycles. The summed E-state index contributed by atoms with van der Waals surface area (Å²) in [6.07, 6.45) is 1.45. The molecule has 3 heterocycles. The van der Waals surface area contributed by atoms with Crippen LogP contribution < -0.4 is 21.0 Å². The van der Waals surface area contributed by atoms with E-state index in [2.05, 4.69) is 51.9 Å². The van der Waals surface area contributed by atoms with E-state index in [4.69, 9.17) is 4.99 Å². The van der Waals surface area contributed by atoms with Crippen molar-refractivity contribution in [3.63, 3.8) is 0 Å². The number of nitrogens with one attached hydrogen (secondary N) is 1. The molecular weight excluding hydrogens is 376 g/mol. The molecule has 2 aromatic heterocycles. The molecule has 0 aliphatic carbocycles. The normalized spacial score (nSPS) is 15.9. The minimum absolute atomic E-state index is 0.186. The molecule has 0 radical (unpaired) electrons. The summed E-state index contributed by atoms with van der Waals surface area (Å²) >= 11 is 0. The zero-order valence-electron chi connectivity index (χ0n) is 17.1. The molecule has 2 aromatic carbocycles.